The van der Waals surface area contributed by atoms with Crippen molar-refractivity contribution in [2.24, 2.45) is 0 Å². The van der Waals surface area contributed by atoms with E-state index in [9.17, 15) is 9.18 Å². The van der Waals surface area contributed by atoms with Gasteiger partial charge in [-0.15, -0.1) is 0 Å². The van der Waals surface area contributed by atoms with Crippen molar-refractivity contribution in [2.75, 3.05) is 5.73 Å². The van der Waals surface area contributed by atoms with Crippen LogP contribution < -0.4 is 5.73 Å². The molecule has 0 spiro atoms. The third-order valence-electron chi connectivity index (χ3n) is 1.61. The maximum absolute atomic E-state index is 13.0. The molecule has 1 rings (SSSR count). The van der Waals surface area contributed by atoms with Crippen molar-refractivity contribution in [2.45, 2.75) is 4.43 Å². The number of nitrogen functional groups attached to an aromatic ring is 1. The molecule has 13 heavy (non-hydrogen) atoms. The molecule has 0 bridgehead atoms. The zero-order chi connectivity index (χ0) is 10.0. The summed E-state index contributed by atoms with van der Waals surface area (Å²) in [6, 6.07) is 2.31. The molecular weight excluding hydrogens is 288 g/mol. The van der Waals surface area contributed by atoms with Gasteiger partial charge in [0.15, 0.2) is 0 Å². The molecule has 0 radical (unpaired) electrons. The lowest BCUT2D eigenvalue weighted by atomic mass is 10.1. The zero-order valence-electron chi connectivity index (χ0n) is 6.55. The summed E-state index contributed by atoms with van der Waals surface area (Å²) in [6.07, 6.45) is 0. The second kappa shape index (κ2) is 3.91. The van der Waals surface area contributed by atoms with E-state index in [0.29, 0.717) is 9.99 Å². The third-order valence-corrected chi connectivity index (χ3v) is 2.43. The lowest BCUT2D eigenvalue weighted by Gasteiger charge is -2.04. The molecule has 0 saturated heterocycles. The quantitative estimate of drug-likeness (QED) is 0.498. The molecule has 3 nitrogen and oxygen atoms in total. The van der Waals surface area contributed by atoms with Crippen molar-refractivity contribution < 1.29 is 14.3 Å². The minimum atomic E-state index is -1.15. The van der Waals surface area contributed by atoms with E-state index in [1.54, 1.807) is 0 Å². The van der Waals surface area contributed by atoms with Gasteiger partial charge < -0.3 is 10.8 Å². The van der Waals surface area contributed by atoms with Gasteiger partial charge in [0.25, 0.3) is 0 Å². The lowest BCUT2D eigenvalue weighted by molar-refractivity contribution is 0.0696. The molecule has 1 aromatic rings. The van der Waals surface area contributed by atoms with E-state index in [1.165, 1.54) is 6.07 Å². The largest absolute Gasteiger partial charge is 0.478 e. The van der Waals surface area contributed by atoms with Crippen LogP contribution in [0.2, 0.25) is 0 Å². The van der Waals surface area contributed by atoms with E-state index < -0.39 is 11.8 Å². The number of hydrogen-bond acceptors (Lipinski definition) is 2. The lowest BCUT2D eigenvalue weighted by Crippen LogP contribution is -2.03. The Labute approximate surface area is 87.9 Å². The molecule has 70 valence electrons. The Morgan fingerprint density at radius 2 is 2.23 bits per heavy atom. The van der Waals surface area contributed by atoms with Crippen molar-refractivity contribution in [3.8, 4) is 0 Å². The summed E-state index contributed by atoms with van der Waals surface area (Å²) in [6.45, 7) is 0. The smallest absolute Gasteiger partial charge is 0.335 e. The number of benzene rings is 1. The number of aromatic carboxylic acids is 1. The van der Waals surface area contributed by atoms with Gasteiger partial charge in [-0.05, 0) is 17.7 Å². The van der Waals surface area contributed by atoms with Crippen LogP contribution >= 0.6 is 22.6 Å². The van der Waals surface area contributed by atoms with Crippen LogP contribution in [0, 0.1) is 5.82 Å². The number of hydrogen-bond donors (Lipinski definition) is 2. The molecule has 0 atom stereocenters. The fourth-order valence-electron chi connectivity index (χ4n) is 0.909. The molecule has 0 fully saturated rings. The number of alkyl halides is 1. The van der Waals surface area contributed by atoms with Gasteiger partial charge in [0.2, 0.25) is 0 Å². The Hall–Kier alpha value is -0.850. The number of carboxylic acid groups (broad SMARTS) is 1. The van der Waals surface area contributed by atoms with Gasteiger partial charge in [-0.2, -0.15) is 0 Å². The fourth-order valence-corrected chi connectivity index (χ4v) is 1.54. The molecule has 0 aliphatic carbocycles. The Bertz CT molecular complexity index is 354. The maximum atomic E-state index is 13.0. The minimum absolute atomic E-state index is 0.0272. The molecule has 0 heterocycles. The zero-order valence-corrected chi connectivity index (χ0v) is 8.71. The molecule has 3 N–H and O–H groups in total. The molecule has 5 heteroatoms. The van der Waals surface area contributed by atoms with Crippen molar-refractivity contribution >= 4 is 34.2 Å². The number of carbonyl (C=O) groups is 1. The summed E-state index contributed by atoms with van der Waals surface area (Å²) in [5.74, 6) is -1.82. The number of nitrogens with two attached hydrogens (primary N) is 1. The van der Waals surface area contributed by atoms with E-state index in [0.717, 1.165) is 6.07 Å². The highest BCUT2D eigenvalue weighted by atomic mass is 127. The minimum Gasteiger partial charge on any atom is -0.478 e. The monoisotopic (exact) mass is 295 g/mol. The average Bonchev–Trinajstić information content (AvgIpc) is 2.09. The first kappa shape index (κ1) is 10.2. The molecule has 0 aromatic heterocycles. The van der Waals surface area contributed by atoms with E-state index in [4.69, 9.17) is 10.8 Å². The fraction of sp³-hybridized carbons (Fsp3) is 0.125. The van der Waals surface area contributed by atoms with Gasteiger partial charge in [-0.25, -0.2) is 9.18 Å². The molecule has 1 aromatic carbocycles. The van der Waals surface area contributed by atoms with Crippen LogP contribution in [0.15, 0.2) is 12.1 Å². The summed E-state index contributed by atoms with van der Waals surface area (Å²) < 4.78 is 13.5. The molecule has 0 aliphatic rings. The highest BCUT2D eigenvalue weighted by Crippen LogP contribution is 2.21. The molecule has 0 unspecified atom stereocenters. The second-order valence-corrected chi connectivity index (χ2v) is 3.23. The van der Waals surface area contributed by atoms with Crippen molar-refractivity contribution in [1.82, 2.24) is 0 Å². The van der Waals surface area contributed by atoms with Crippen molar-refractivity contribution in [3.05, 3.63) is 29.1 Å². The van der Waals surface area contributed by atoms with Crippen LogP contribution in [0.1, 0.15) is 15.9 Å². The van der Waals surface area contributed by atoms with E-state index in [2.05, 4.69) is 0 Å². The third kappa shape index (κ3) is 2.09. The summed E-state index contributed by atoms with van der Waals surface area (Å²) >= 11 is 2.00. The summed E-state index contributed by atoms with van der Waals surface area (Å²) in [5.41, 5.74) is 5.86. The van der Waals surface area contributed by atoms with Gasteiger partial charge >= 0.3 is 5.97 Å². The SMILES string of the molecule is Nc1c(F)cc(C(=O)O)cc1CI. The number of halogens is 2. The Kier molecular flexibility index (Phi) is 3.07. The van der Waals surface area contributed by atoms with Crippen molar-refractivity contribution in [1.29, 1.82) is 0 Å². The number of carboxylic acids is 1. The van der Waals surface area contributed by atoms with Crippen LogP contribution in [0.4, 0.5) is 10.1 Å². The van der Waals surface area contributed by atoms with E-state index >= 15 is 0 Å². The Morgan fingerprint density at radius 1 is 1.62 bits per heavy atom. The van der Waals surface area contributed by atoms with Gasteiger partial charge in [-0.1, -0.05) is 22.6 Å². The van der Waals surface area contributed by atoms with Crippen LogP contribution in [-0.4, -0.2) is 11.1 Å². The molecule has 0 aliphatic heterocycles. The molecule has 0 amide bonds. The van der Waals surface area contributed by atoms with Crippen molar-refractivity contribution in [3.63, 3.8) is 0 Å². The highest BCUT2D eigenvalue weighted by molar-refractivity contribution is 14.1. The summed E-state index contributed by atoms with van der Waals surface area (Å²) in [4.78, 5) is 10.5. The first-order chi connectivity index (χ1) is 6.06. The number of rotatable bonds is 2. The topological polar surface area (TPSA) is 63.3 Å². The molecule has 0 saturated carbocycles. The summed E-state index contributed by atoms with van der Waals surface area (Å²) in [5, 5.41) is 8.61. The van der Waals surface area contributed by atoms with E-state index in [-0.39, 0.29) is 11.3 Å². The normalized spacial score (nSPS) is 10.0. The first-order valence-corrected chi connectivity index (χ1v) is 4.96. The predicted octanol–water partition coefficient (Wildman–Crippen LogP) is 2.04. The van der Waals surface area contributed by atoms with Gasteiger partial charge in [-0.3, -0.25) is 0 Å². The standard InChI is InChI=1S/C8H7FINO2/c9-6-2-4(8(12)13)1-5(3-10)7(6)11/h1-2H,3,11H2,(H,12,13). The number of anilines is 1. The highest BCUT2D eigenvalue weighted by Gasteiger charge is 2.10. The summed E-state index contributed by atoms with van der Waals surface area (Å²) in [7, 11) is 0. The maximum Gasteiger partial charge on any atom is 0.335 e. The van der Waals surface area contributed by atoms with Crippen LogP contribution in [-0.2, 0) is 4.43 Å². The average molecular weight is 295 g/mol. The van der Waals surface area contributed by atoms with Crippen LogP contribution in [0.3, 0.4) is 0 Å². The molecular formula is C8H7FINO2. The van der Waals surface area contributed by atoms with Gasteiger partial charge in [0, 0.05) is 4.43 Å². The Morgan fingerprint density at radius 3 is 2.69 bits per heavy atom. The van der Waals surface area contributed by atoms with E-state index in [1.807, 2.05) is 22.6 Å². The first-order valence-electron chi connectivity index (χ1n) is 3.43. The predicted molar refractivity (Wildman–Crippen MR) is 55.5 cm³/mol. The second-order valence-electron chi connectivity index (χ2n) is 2.47. The van der Waals surface area contributed by atoms with Gasteiger partial charge in [0.05, 0.1) is 11.3 Å². The Balaban J connectivity index is 3.30. The van der Waals surface area contributed by atoms with Gasteiger partial charge in [0.1, 0.15) is 5.82 Å². The van der Waals surface area contributed by atoms with Crippen LogP contribution in [0.25, 0.3) is 0 Å². The van der Waals surface area contributed by atoms with Crippen LogP contribution in [0.5, 0.6) is 0 Å².